The van der Waals surface area contributed by atoms with Crippen LogP contribution in [-0.4, -0.2) is 36.0 Å². The zero-order valence-electron chi connectivity index (χ0n) is 20.9. The molecule has 0 unspecified atom stereocenters. The standard InChI is InChI=1S/C29H26N2O5S/c1-5-17-11-14-20-22(15-17)37-29(30-20)31-24(19-7-6-8-21(35-3)27(19)36-4)23(26(33)28(31)34)25(32)18-12-9-16(2)10-13-18/h6-15,24,32H,5H2,1-4H3/b25-23+/t24-/m1/s1. The average Bonchev–Trinajstić information content (AvgIpc) is 3.45. The minimum absolute atomic E-state index is 0.0334. The molecule has 1 atom stereocenters. The fourth-order valence-corrected chi connectivity index (χ4v) is 5.65. The van der Waals surface area contributed by atoms with E-state index in [9.17, 15) is 14.7 Å². The smallest absolute Gasteiger partial charge is 0.301 e. The maximum Gasteiger partial charge on any atom is 0.301 e. The van der Waals surface area contributed by atoms with Crippen molar-refractivity contribution in [2.45, 2.75) is 26.3 Å². The Morgan fingerprint density at radius 1 is 1.05 bits per heavy atom. The first-order valence-corrected chi connectivity index (χ1v) is 12.7. The molecular weight excluding hydrogens is 488 g/mol. The minimum Gasteiger partial charge on any atom is -0.507 e. The normalized spacial score (nSPS) is 17.0. The summed E-state index contributed by atoms with van der Waals surface area (Å²) in [6.45, 7) is 4.00. The Bertz CT molecular complexity index is 1550. The van der Waals surface area contributed by atoms with Gasteiger partial charge in [-0.25, -0.2) is 4.98 Å². The van der Waals surface area contributed by atoms with E-state index in [0.717, 1.165) is 27.8 Å². The number of rotatable bonds is 6. The van der Waals surface area contributed by atoms with E-state index < -0.39 is 17.7 Å². The molecule has 0 spiro atoms. The molecule has 1 fully saturated rings. The lowest BCUT2D eigenvalue weighted by molar-refractivity contribution is -0.132. The number of carbonyl (C=O) groups excluding carboxylic acids is 2. The number of aryl methyl sites for hydroxylation is 2. The van der Waals surface area contributed by atoms with Crippen LogP contribution in [0.2, 0.25) is 0 Å². The molecule has 1 aliphatic rings. The summed E-state index contributed by atoms with van der Waals surface area (Å²) in [6, 6.07) is 17.4. The maximum absolute atomic E-state index is 13.6. The van der Waals surface area contributed by atoms with Crippen molar-refractivity contribution in [1.29, 1.82) is 0 Å². The van der Waals surface area contributed by atoms with Crippen molar-refractivity contribution >= 4 is 44.1 Å². The number of aliphatic hydroxyl groups excluding tert-OH is 1. The van der Waals surface area contributed by atoms with Crippen molar-refractivity contribution in [3.05, 3.63) is 88.5 Å². The third-order valence-electron chi connectivity index (χ3n) is 6.55. The van der Waals surface area contributed by atoms with Gasteiger partial charge in [-0.15, -0.1) is 0 Å². The lowest BCUT2D eigenvalue weighted by Gasteiger charge is -2.25. The molecule has 4 aromatic rings. The Hall–Kier alpha value is -4.17. The van der Waals surface area contributed by atoms with Crippen molar-refractivity contribution in [1.82, 2.24) is 4.98 Å². The number of ether oxygens (including phenoxy) is 2. The number of para-hydroxylation sites is 1. The molecule has 1 aliphatic heterocycles. The summed E-state index contributed by atoms with van der Waals surface area (Å²) in [5.74, 6) is -1.01. The second kappa shape index (κ2) is 9.71. The molecule has 1 N–H and O–H groups in total. The number of Topliss-reactive ketones (excluding diaryl/α,β-unsaturated/α-hetero) is 1. The van der Waals surface area contributed by atoms with Gasteiger partial charge in [0, 0.05) is 11.1 Å². The Morgan fingerprint density at radius 3 is 2.49 bits per heavy atom. The van der Waals surface area contributed by atoms with Crippen LogP contribution in [-0.2, 0) is 16.0 Å². The molecule has 2 heterocycles. The van der Waals surface area contributed by atoms with Crippen molar-refractivity contribution in [2.75, 3.05) is 19.1 Å². The molecule has 3 aromatic carbocycles. The van der Waals surface area contributed by atoms with E-state index in [-0.39, 0.29) is 11.3 Å². The number of ketones is 1. The summed E-state index contributed by atoms with van der Waals surface area (Å²) in [6.07, 6.45) is 0.866. The van der Waals surface area contributed by atoms with Crippen LogP contribution in [0.3, 0.4) is 0 Å². The largest absolute Gasteiger partial charge is 0.507 e. The molecular formula is C29H26N2O5S. The minimum atomic E-state index is -0.974. The van der Waals surface area contributed by atoms with Crippen LogP contribution in [0, 0.1) is 6.92 Å². The first-order valence-electron chi connectivity index (χ1n) is 11.9. The Morgan fingerprint density at radius 2 is 1.81 bits per heavy atom. The monoisotopic (exact) mass is 514 g/mol. The highest BCUT2D eigenvalue weighted by Gasteiger charge is 2.49. The summed E-state index contributed by atoms with van der Waals surface area (Å²) in [4.78, 5) is 33.1. The van der Waals surface area contributed by atoms with Crippen molar-refractivity contribution in [3.63, 3.8) is 0 Å². The summed E-state index contributed by atoms with van der Waals surface area (Å²) >= 11 is 1.33. The summed E-state index contributed by atoms with van der Waals surface area (Å²) in [5.41, 5.74) is 3.79. The number of thiazole rings is 1. The van der Waals surface area contributed by atoms with Gasteiger partial charge in [-0.3, -0.25) is 14.5 Å². The maximum atomic E-state index is 13.6. The van der Waals surface area contributed by atoms with Gasteiger partial charge in [0.05, 0.1) is 30.0 Å². The Kier molecular flexibility index (Phi) is 6.43. The van der Waals surface area contributed by atoms with Crippen LogP contribution in [0.5, 0.6) is 11.5 Å². The Labute approximate surface area is 218 Å². The molecule has 0 saturated carbocycles. The van der Waals surface area contributed by atoms with Gasteiger partial charge in [0.2, 0.25) is 0 Å². The molecule has 0 radical (unpaired) electrons. The van der Waals surface area contributed by atoms with E-state index in [0.29, 0.717) is 27.8 Å². The van der Waals surface area contributed by atoms with E-state index in [1.54, 1.807) is 30.3 Å². The number of carbonyl (C=O) groups is 2. The number of fused-ring (bicyclic) bond motifs is 1. The topological polar surface area (TPSA) is 89.0 Å². The van der Waals surface area contributed by atoms with Crippen LogP contribution in [0.15, 0.2) is 66.2 Å². The van der Waals surface area contributed by atoms with Gasteiger partial charge in [-0.05, 0) is 37.1 Å². The third kappa shape index (κ3) is 4.13. The van der Waals surface area contributed by atoms with Gasteiger partial charge in [0.25, 0.3) is 5.78 Å². The number of hydrogen-bond acceptors (Lipinski definition) is 7. The number of hydrogen-bond donors (Lipinski definition) is 1. The second-order valence-electron chi connectivity index (χ2n) is 8.77. The van der Waals surface area contributed by atoms with E-state index in [1.165, 1.54) is 30.5 Å². The molecule has 1 saturated heterocycles. The third-order valence-corrected chi connectivity index (χ3v) is 7.57. The SMILES string of the molecule is CCc1ccc2nc(N3C(=O)C(=O)/C(=C(/O)c4ccc(C)cc4)[C@H]3c3cccc(OC)c3OC)sc2c1. The summed E-state index contributed by atoms with van der Waals surface area (Å²) < 4.78 is 12.1. The molecule has 1 aromatic heterocycles. The number of nitrogens with zero attached hydrogens (tertiary/aromatic N) is 2. The van der Waals surface area contributed by atoms with E-state index >= 15 is 0 Å². The highest BCUT2D eigenvalue weighted by molar-refractivity contribution is 7.22. The molecule has 37 heavy (non-hydrogen) atoms. The summed E-state index contributed by atoms with van der Waals surface area (Å²) in [5, 5.41) is 11.7. The van der Waals surface area contributed by atoms with Crippen LogP contribution in [0.25, 0.3) is 16.0 Å². The molecule has 7 nitrogen and oxygen atoms in total. The van der Waals surface area contributed by atoms with Crippen molar-refractivity contribution < 1.29 is 24.2 Å². The molecule has 0 aliphatic carbocycles. The second-order valence-corrected chi connectivity index (χ2v) is 9.78. The number of benzene rings is 3. The molecule has 0 bridgehead atoms. The molecule has 188 valence electrons. The van der Waals surface area contributed by atoms with Crippen molar-refractivity contribution in [2.24, 2.45) is 0 Å². The summed E-state index contributed by atoms with van der Waals surface area (Å²) in [7, 11) is 3.02. The van der Waals surface area contributed by atoms with Crippen LogP contribution in [0.1, 0.15) is 35.2 Å². The van der Waals surface area contributed by atoms with Gasteiger partial charge in [0.15, 0.2) is 16.6 Å². The highest BCUT2D eigenvalue weighted by atomic mass is 32.1. The number of amides is 1. The first kappa shape index (κ1) is 24.5. The molecule has 5 rings (SSSR count). The quantitative estimate of drug-likeness (QED) is 0.198. The van der Waals surface area contributed by atoms with Gasteiger partial charge in [-0.1, -0.05) is 66.3 Å². The number of anilines is 1. The highest BCUT2D eigenvalue weighted by Crippen LogP contribution is 2.48. The molecule has 1 amide bonds. The predicted molar refractivity (Wildman–Crippen MR) is 145 cm³/mol. The van der Waals surface area contributed by atoms with Gasteiger partial charge in [0.1, 0.15) is 11.8 Å². The fourth-order valence-electron chi connectivity index (χ4n) is 4.60. The van der Waals surface area contributed by atoms with E-state index in [1.807, 2.05) is 37.3 Å². The first-order chi connectivity index (χ1) is 17.9. The lowest BCUT2D eigenvalue weighted by atomic mass is 9.94. The number of aliphatic hydroxyl groups is 1. The lowest BCUT2D eigenvalue weighted by Crippen LogP contribution is -2.29. The average molecular weight is 515 g/mol. The van der Waals surface area contributed by atoms with E-state index in [4.69, 9.17) is 14.5 Å². The number of methoxy groups -OCH3 is 2. The van der Waals surface area contributed by atoms with E-state index in [2.05, 4.69) is 6.92 Å². The van der Waals surface area contributed by atoms with Crippen LogP contribution in [0.4, 0.5) is 5.13 Å². The molecule has 8 heteroatoms. The Balaban J connectivity index is 1.77. The van der Waals surface area contributed by atoms with Gasteiger partial charge in [-0.2, -0.15) is 0 Å². The van der Waals surface area contributed by atoms with Crippen molar-refractivity contribution in [3.8, 4) is 11.5 Å². The predicted octanol–water partition coefficient (Wildman–Crippen LogP) is 5.81. The zero-order chi connectivity index (χ0) is 26.3. The van der Waals surface area contributed by atoms with Gasteiger partial charge >= 0.3 is 5.91 Å². The zero-order valence-corrected chi connectivity index (χ0v) is 21.8. The number of aromatic nitrogens is 1. The van der Waals surface area contributed by atoms with Crippen LogP contribution < -0.4 is 14.4 Å². The fraction of sp³-hybridized carbons (Fsp3) is 0.207. The van der Waals surface area contributed by atoms with Crippen LogP contribution >= 0.6 is 11.3 Å². The van der Waals surface area contributed by atoms with Gasteiger partial charge < -0.3 is 14.6 Å².